The summed E-state index contributed by atoms with van der Waals surface area (Å²) in [7, 11) is 0. The molecule has 2 fully saturated rings. The van der Waals surface area contributed by atoms with Crippen molar-refractivity contribution in [2.75, 3.05) is 42.5 Å². The number of carbonyl (C=O) groups excluding carboxylic acids is 1. The first-order valence-corrected chi connectivity index (χ1v) is 13.0. The van der Waals surface area contributed by atoms with E-state index in [-0.39, 0.29) is 17.1 Å². The molecule has 3 aliphatic rings. The number of anilines is 2. The van der Waals surface area contributed by atoms with Crippen LogP contribution in [0.5, 0.6) is 0 Å². The molecule has 1 amide bonds. The molecule has 4 heterocycles. The van der Waals surface area contributed by atoms with E-state index in [2.05, 4.69) is 33.0 Å². The van der Waals surface area contributed by atoms with Crippen LogP contribution in [0.4, 0.5) is 15.9 Å². The van der Waals surface area contributed by atoms with Crippen LogP contribution >= 0.6 is 0 Å². The van der Waals surface area contributed by atoms with Gasteiger partial charge in [0.2, 0.25) is 5.91 Å². The van der Waals surface area contributed by atoms with Crippen LogP contribution in [0.25, 0.3) is 11.3 Å². The molecular formula is C29H32FN5O. The van der Waals surface area contributed by atoms with Crippen molar-refractivity contribution in [2.24, 2.45) is 0 Å². The second-order valence-corrected chi connectivity index (χ2v) is 10.4. The minimum Gasteiger partial charge on any atom is -0.355 e. The van der Waals surface area contributed by atoms with Gasteiger partial charge in [-0.05, 0) is 74.7 Å². The molecule has 2 saturated heterocycles. The van der Waals surface area contributed by atoms with Gasteiger partial charge in [0.25, 0.3) is 0 Å². The molecule has 3 aromatic rings. The molecule has 186 valence electrons. The standard InChI is InChI=1S/C29H32FN5O/c1-21(36)35-20-29(25-4-2-3-5-27(25)35)12-16-33(17-13-29)24-10-14-34(15-11-24)28-19-31-18-26(32-28)22-6-8-23(30)9-7-22/h2-9,18-19,24H,10-17,20H2,1H3. The van der Waals surface area contributed by atoms with Crippen LogP contribution in [0.1, 0.15) is 38.2 Å². The van der Waals surface area contributed by atoms with Gasteiger partial charge in [-0.1, -0.05) is 18.2 Å². The molecule has 1 aromatic heterocycles. The number of halogens is 1. The molecule has 0 atom stereocenters. The van der Waals surface area contributed by atoms with Gasteiger partial charge in [0.15, 0.2) is 0 Å². The Labute approximate surface area is 211 Å². The number of hydrogen-bond acceptors (Lipinski definition) is 5. The minimum atomic E-state index is -0.248. The fourth-order valence-corrected chi connectivity index (χ4v) is 6.38. The number of likely N-dealkylation sites (tertiary alicyclic amines) is 1. The smallest absolute Gasteiger partial charge is 0.223 e. The third-order valence-corrected chi connectivity index (χ3v) is 8.43. The maximum absolute atomic E-state index is 13.3. The van der Waals surface area contributed by atoms with Gasteiger partial charge in [-0.25, -0.2) is 9.37 Å². The molecule has 2 aromatic carbocycles. The minimum absolute atomic E-state index is 0.0931. The molecule has 3 aliphatic heterocycles. The SMILES string of the molecule is CC(=O)N1CC2(CCN(C3CCN(c4cncc(-c5ccc(F)cc5)n4)CC3)CC2)c2ccccc21. The Kier molecular flexibility index (Phi) is 5.96. The molecule has 0 N–H and O–H groups in total. The highest BCUT2D eigenvalue weighted by molar-refractivity contribution is 5.94. The van der Waals surface area contributed by atoms with Gasteiger partial charge in [0, 0.05) is 49.3 Å². The summed E-state index contributed by atoms with van der Waals surface area (Å²) in [5.41, 5.74) is 4.20. The lowest BCUT2D eigenvalue weighted by Gasteiger charge is -2.45. The monoisotopic (exact) mass is 485 g/mol. The predicted molar refractivity (Wildman–Crippen MR) is 140 cm³/mol. The van der Waals surface area contributed by atoms with E-state index in [0.717, 1.165) is 81.2 Å². The number of benzene rings is 2. The van der Waals surface area contributed by atoms with Gasteiger partial charge in [-0.15, -0.1) is 0 Å². The highest BCUT2D eigenvalue weighted by Crippen LogP contribution is 2.47. The third-order valence-electron chi connectivity index (χ3n) is 8.43. The Hall–Kier alpha value is -3.32. The Balaban J connectivity index is 1.08. The van der Waals surface area contributed by atoms with Crippen LogP contribution in [0.15, 0.2) is 60.9 Å². The summed E-state index contributed by atoms with van der Waals surface area (Å²) < 4.78 is 13.3. The zero-order chi connectivity index (χ0) is 24.7. The van der Waals surface area contributed by atoms with Gasteiger partial charge in [-0.2, -0.15) is 0 Å². The van der Waals surface area contributed by atoms with E-state index in [1.54, 1.807) is 25.3 Å². The van der Waals surface area contributed by atoms with Gasteiger partial charge < -0.3 is 14.7 Å². The van der Waals surface area contributed by atoms with Gasteiger partial charge in [0.05, 0.1) is 18.1 Å². The Morgan fingerprint density at radius 3 is 2.42 bits per heavy atom. The summed E-state index contributed by atoms with van der Waals surface area (Å²) in [5, 5.41) is 0. The lowest BCUT2D eigenvalue weighted by molar-refractivity contribution is -0.116. The second kappa shape index (κ2) is 9.28. The summed E-state index contributed by atoms with van der Waals surface area (Å²) in [4.78, 5) is 28.5. The number of nitrogens with zero attached hydrogens (tertiary/aromatic N) is 5. The van der Waals surface area contributed by atoms with Crippen LogP contribution in [0, 0.1) is 5.82 Å². The molecule has 0 aliphatic carbocycles. The first-order chi connectivity index (χ1) is 17.5. The van der Waals surface area contributed by atoms with Crippen molar-refractivity contribution >= 4 is 17.4 Å². The van der Waals surface area contributed by atoms with Crippen LogP contribution in [0.2, 0.25) is 0 Å². The highest BCUT2D eigenvalue weighted by Gasteiger charge is 2.46. The lowest BCUT2D eigenvalue weighted by atomic mass is 9.74. The maximum Gasteiger partial charge on any atom is 0.223 e. The van der Waals surface area contributed by atoms with Gasteiger partial charge in [-0.3, -0.25) is 9.78 Å². The van der Waals surface area contributed by atoms with E-state index in [9.17, 15) is 9.18 Å². The number of piperidine rings is 2. The number of para-hydroxylation sites is 1. The quantitative estimate of drug-likeness (QED) is 0.541. The largest absolute Gasteiger partial charge is 0.355 e. The lowest BCUT2D eigenvalue weighted by Crippen LogP contribution is -2.52. The predicted octanol–water partition coefficient (Wildman–Crippen LogP) is 4.65. The topological polar surface area (TPSA) is 52.6 Å². The summed E-state index contributed by atoms with van der Waals surface area (Å²) in [5.74, 6) is 0.780. The zero-order valence-corrected chi connectivity index (χ0v) is 20.7. The molecule has 7 heteroatoms. The third kappa shape index (κ3) is 4.15. The molecule has 0 unspecified atom stereocenters. The fourth-order valence-electron chi connectivity index (χ4n) is 6.38. The fraction of sp³-hybridized carbons (Fsp3) is 0.414. The molecule has 36 heavy (non-hydrogen) atoms. The van der Waals surface area contributed by atoms with E-state index in [0.29, 0.717) is 6.04 Å². The second-order valence-electron chi connectivity index (χ2n) is 10.4. The van der Waals surface area contributed by atoms with Crippen molar-refractivity contribution in [1.29, 1.82) is 0 Å². The van der Waals surface area contributed by atoms with Crippen molar-refractivity contribution in [2.45, 2.75) is 44.1 Å². The van der Waals surface area contributed by atoms with E-state index in [4.69, 9.17) is 4.98 Å². The molecule has 0 radical (unpaired) electrons. The van der Waals surface area contributed by atoms with Gasteiger partial charge in [0.1, 0.15) is 11.6 Å². The average Bonchev–Trinajstić information content (AvgIpc) is 3.24. The average molecular weight is 486 g/mol. The van der Waals surface area contributed by atoms with Crippen LogP contribution in [-0.4, -0.2) is 59.5 Å². The van der Waals surface area contributed by atoms with Crippen LogP contribution < -0.4 is 9.80 Å². The molecule has 0 bridgehead atoms. The van der Waals surface area contributed by atoms with E-state index in [1.807, 2.05) is 17.2 Å². The van der Waals surface area contributed by atoms with E-state index >= 15 is 0 Å². The highest BCUT2D eigenvalue weighted by atomic mass is 19.1. The van der Waals surface area contributed by atoms with Crippen molar-refractivity contribution in [3.63, 3.8) is 0 Å². The first-order valence-electron chi connectivity index (χ1n) is 13.0. The first kappa shape index (κ1) is 23.1. The van der Waals surface area contributed by atoms with E-state index < -0.39 is 0 Å². The van der Waals surface area contributed by atoms with Crippen molar-refractivity contribution < 1.29 is 9.18 Å². The summed E-state index contributed by atoms with van der Waals surface area (Å²) in [6, 6.07) is 15.5. The molecule has 6 nitrogen and oxygen atoms in total. The van der Waals surface area contributed by atoms with Crippen molar-refractivity contribution in [1.82, 2.24) is 14.9 Å². The van der Waals surface area contributed by atoms with Crippen LogP contribution in [0.3, 0.4) is 0 Å². The number of hydrogen-bond donors (Lipinski definition) is 0. The van der Waals surface area contributed by atoms with Crippen molar-refractivity contribution in [3.05, 3.63) is 72.3 Å². The number of amides is 1. The summed E-state index contributed by atoms with van der Waals surface area (Å²) in [6.07, 6.45) is 7.97. The number of fused-ring (bicyclic) bond motifs is 2. The molecule has 0 saturated carbocycles. The number of aromatic nitrogens is 2. The Bertz CT molecular complexity index is 1250. The number of carbonyl (C=O) groups is 1. The Morgan fingerprint density at radius 2 is 1.69 bits per heavy atom. The maximum atomic E-state index is 13.3. The van der Waals surface area contributed by atoms with Gasteiger partial charge >= 0.3 is 0 Å². The van der Waals surface area contributed by atoms with Crippen LogP contribution in [-0.2, 0) is 10.2 Å². The number of rotatable bonds is 3. The summed E-state index contributed by atoms with van der Waals surface area (Å²) in [6.45, 7) is 6.55. The normalized spacial score (nSPS) is 20.1. The molecule has 1 spiro atoms. The zero-order valence-electron chi connectivity index (χ0n) is 20.7. The molecular weight excluding hydrogens is 453 g/mol. The van der Waals surface area contributed by atoms with E-state index in [1.165, 1.54) is 17.7 Å². The summed E-state index contributed by atoms with van der Waals surface area (Å²) >= 11 is 0. The molecule has 6 rings (SSSR count). The van der Waals surface area contributed by atoms with Crippen molar-refractivity contribution in [3.8, 4) is 11.3 Å². The Morgan fingerprint density at radius 1 is 0.972 bits per heavy atom.